The van der Waals surface area contributed by atoms with Crippen LogP contribution in [0, 0.1) is 6.92 Å². The summed E-state index contributed by atoms with van der Waals surface area (Å²) in [4.78, 5) is 4.52. The van der Waals surface area contributed by atoms with E-state index in [1.165, 1.54) is 5.39 Å². The maximum Gasteiger partial charge on any atom is 0.164 e. The summed E-state index contributed by atoms with van der Waals surface area (Å²) in [5, 5.41) is 8.71. The monoisotopic (exact) mass is 291 g/mol. The maximum absolute atomic E-state index is 6.04. The van der Waals surface area contributed by atoms with Gasteiger partial charge in [0.05, 0.1) is 24.5 Å². The lowest BCUT2D eigenvalue weighted by molar-refractivity contribution is 0.482. The van der Waals surface area contributed by atoms with Crippen molar-refractivity contribution in [3.8, 4) is 5.69 Å². The van der Waals surface area contributed by atoms with Crippen LogP contribution >= 0.6 is 0 Å². The summed E-state index contributed by atoms with van der Waals surface area (Å²) in [6.45, 7) is 3.46. The van der Waals surface area contributed by atoms with E-state index in [4.69, 9.17) is 5.84 Å². The third-order valence-electron chi connectivity index (χ3n) is 3.93. The zero-order valence-corrected chi connectivity index (χ0v) is 12.4. The van der Waals surface area contributed by atoms with Gasteiger partial charge in [-0.3, -0.25) is 10.0 Å². The average Bonchev–Trinajstić information content (AvgIpc) is 3.12. The van der Waals surface area contributed by atoms with Gasteiger partial charge < -0.3 is 0 Å². The Morgan fingerprint density at radius 1 is 1.09 bits per heavy atom. The Morgan fingerprint density at radius 3 is 2.73 bits per heavy atom. The van der Waals surface area contributed by atoms with Crippen LogP contribution in [0.5, 0.6) is 0 Å². The fourth-order valence-electron chi connectivity index (χ4n) is 2.92. The van der Waals surface area contributed by atoms with Crippen molar-refractivity contribution in [3.63, 3.8) is 0 Å². The van der Waals surface area contributed by atoms with Gasteiger partial charge in [0.2, 0.25) is 0 Å². The minimum Gasteiger partial charge on any atom is -0.291 e. The summed E-state index contributed by atoms with van der Waals surface area (Å²) in [6, 6.07) is 16.6. The molecule has 0 bridgehead atoms. The van der Waals surface area contributed by atoms with Gasteiger partial charge in [0, 0.05) is 5.39 Å². The second kappa shape index (κ2) is 4.96. The van der Waals surface area contributed by atoms with Crippen LogP contribution in [0.3, 0.4) is 0 Å². The van der Waals surface area contributed by atoms with E-state index in [-0.39, 0.29) is 0 Å². The Balaban J connectivity index is 1.96. The third-order valence-corrected chi connectivity index (χ3v) is 3.93. The minimum atomic E-state index is 0.728. The van der Waals surface area contributed by atoms with E-state index in [0.29, 0.717) is 0 Å². The van der Waals surface area contributed by atoms with Gasteiger partial charge in [0.25, 0.3) is 0 Å². The van der Waals surface area contributed by atoms with Crippen LogP contribution in [0.2, 0.25) is 0 Å². The number of hydrogen-bond donors (Lipinski definition) is 1. The fraction of sp³-hybridized carbons (Fsp3) is 0.176. The molecule has 0 saturated heterocycles. The lowest BCUT2D eigenvalue weighted by atomic mass is 10.1. The molecule has 2 heterocycles. The van der Waals surface area contributed by atoms with Crippen LogP contribution in [0.4, 0.5) is 0 Å². The molecule has 0 amide bonds. The van der Waals surface area contributed by atoms with Crippen LogP contribution in [-0.4, -0.2) is 33.7 Å². The molecular weight excluding hydrogens is 274 g/mol. The fourth-order valence-corrected chi connectivity index (χ4v) is 2.92. The Hall–Kier alpha value is -2.66. The van der Waals surface area contributed by atoms with Crippen LogP contribution in [0.1, 0.15) is 11.4 Å². The molecule has 2 aromatic carbocycles. The van der Waals surface area contributed by atoms with Crippen molar-refractivity contribution in [1.82, 2.24) is 14.8 Å². The smallest absolute Gasteiger partial charge is 0.164 e. The molecule has 0 fully saturated rings. The molecule has 2 N–H and O–H groups in total. The van der Waals surface area contributed by atoms with E-state index in [1.54, 1.807) is 5.01 Å². The van der Waals surface area contributed by atoms with E-state index in [1.807, 2.05) is 29.8 Å². The van der Waals surface area contributed by atoms with Crippen LogP contribution in [0.15, 0.2) is 53.5 Å². The van der Waals surface area contributed by atoms with Gasteiger partial charge in [0.1, 0.15) is 5.69 Å². The van der Waals surface area contributed by atoms with Gasteiger partial charge in [-0.1, -0.05) is 36.4 Å². The highest BCUT2D eigenvalue weighted by atomic mass is 15.5. The number of hydrazine groups is 1. The summed E-state index contributed by atoms with van der Waals surface area (Å²) in [5.41, 5.74) is 2.93. The van der Waals surface area contributed by atoms with Gasteiger partial charge in [-0.25, -0.2) is 10.5 Å². The normalized spacial score (nSPS) is 14.6. The zero-order valence-electron chi connectivity index (χ0n) is 12.4. The lowest BCUT2D eigenvalue weighted by Crippen LogP contribution is -2.36. The number of aliphatic imine (C=N–C) groups is 1. The first-order chi connectivity index (χ1) is 10.7. The lowest BCUT2D eigenvalue weighted by Gasteiger charge is -2.15. The molecule has 1 aromatic heterocycles. The van der Waals surface area contributed by atoms with Crippen LogP contribution in [0.25, 0.3) is 16.5 Å². The van der Waals surface area contributed by atoms with Crippen LogP contribution < -0.4 is 5.84 Å². The van der Waals surface area contributed by atoms with E-state index >= 15 is 0 Å². The highest BCUT2D eigenvalue weighted by molar-refractivity contribution is 5.99. The molecule has 0 radical (unpaired) electrons. The molecule has 0 aliphatic carbocycles. The van der Waals surface area contributed by atoms with Crippen molar-refractivity contribution in [3.05, 3.63) is 59.9 Å². The topological polar surface area (TPSA) is 59.4 Å². The number of fused-ring (bicyclic) bond motifs is 1. The molecule has 5 nitrogen and oxygen atoms in total. The van der Waals surface area contributed by atoms with E-state index in [0.717, 1.165) is 41.4 Å². The number of aryl methyl sites for hydroxylation is 1. The number of hydrogen-bond acceptors (Lipinski definition) is 4. The third kappa shape index (κ3) is 1.98. The molecule has 4 rings (SSSR count). The standard InChI is InChI=1S/C17H17N5/c1-12-11-16(17-19-9-10-21(17)18)22(20-12)15-8-4-6-13-5-2-3-7-14(13)15/h2-8,11H,9-10,18H2,1H3. The van der Waals surface area contributed by atoms with Gasteiger partial charge >= 0.3 is 0 Å². The number of aromatic nitrogens is 2. The second-order valence-corrected chi connectivity index (χ2v) is 5.48. The molecule has 1 aliphatic rings. The largest absolute Gasteiger partial charge is 0.291 e. The van der Waals surface area contributed by atoms with Crippen molar-refractivity contribution in [1.29, 1.82) is 0 Å². The van der Waals surface area contributed by atoms with Crippen LogP contribution in [-0.2, 0) is 0 Å². The summed E-state index contributed by atoms with van der Waals surface area (Å²) < 4.78 is 1.95. The Labute approximate surface area is 128 Å². The number of nitrogens with two attached hydrogens (primary N) is 1. The molecule has 0 spiro atoms. The zero-order chi connectivity index (χ0) is 15.1. The average molecular weight is 291 g/mol. The van der Waals surface area contributed by atoms with E-state index in [2.05, 4.69) is 40.4 Å². The highest BCUT2D eigenvalue weighted by Crippen LogP contribution is 2.24. The quantitative estimate of drug-likeness (QED) is 0.737. The predicted molar refractivity (Wildman–Crippen MR) is 88.1 cm³/mol. The molecule has 0 atom stereocenters. The summed E-state index contributed by atoms with van der Waals surface area (Å²) in [7, 11) is 0. The Kier molecular flexibility index (Phi) is 2.94. The first kappa shape index (κ1) is 13.0. The molecule has 0 unspecified atom stereocenters. The van der Waals surface area contributed by atoms with Gasteiger partial charge in [-0.2, -0.15) is 5.10 Å². The van der Waals surface area contributed by atoms with Gasteiger partial charge in [0.15, 0.2) is 5.84 Å². The summed E-state index contributed by atoms with van der Waals surface area (Å²) >= 11 is 0. The van der Waals surface area contributed by atoms with Crippen molar-refractivity contribution >= 4 is 16.6 Å². The molecule has 110 valence electrons. The number of nitrogens with zero attached hydrogens (tertiary/aromatic N) is 4. The summed E-state index contributed by atoms with van der Waals surface area (Å²) in [6.07, 6.45) is 0. The molecule has 5 heteroatoms. The number of amidine groups is 1. The number of benzene rings is 2. The maximum atomic E-state index is 6.04. The SMILES string of the molecule is Cc1cc(C2=NCCN2N)n(-c2cccc3ccccc23)n1. The first-order valence-corrected chi connectivity index (χ1v) is 7.36. The van der Waals surface area contributed by atoms with Gasteiger partial charge in [-0.15, -0.1) is 0 Å². The molecule has 0 saturated carbocycles. The van der Waals surface area contributed by atoms with Crippen molar-refractivity contribution in [2.75, 3.05) is 13.1 Å². The number of rotatable bonds is 2. The minimum absolute atomic E-state index is 0.728. The molecule has 3 aromatic rings. The highest BCUT2D eigenvalue weighted by Gasteiger charge is 2.21. The second-order valence-electron chi connectivity index (χ2n) is 5.48. The molecule has 1 aliphatic heterocycles. The molecule has 22 heavy (non-hydrogen) atoms. The van der Waals surface area contributed by atoms with Crippen molar-refractivity contribution in [2.24, 2.45) is 10.8 Å². The summed E-state index contributed by atoms with van der Waals surface area (Å²) in [5.74, 6) is 6.84. The van der Waals surface area contributed by atoms with E-state index in [9.17, 15) is 0 Å². The Bertz CT molecular complexity index is 872. The Morgan fingerprint density at radius 2 is 1.91 bits per heavy atom. The predicted octanol–water partition coefficient (Wildman–Crippen LogP) is 2.27. The molecular formula is C17H17N5. The van der Waals surface area contributed by atoms with E-state index < -0.39 is 0 Å². The van der Waals surface area contributed by atoms with Crippen molar-refractivity contribution in [2.45, 2.75) is 6.92 Å². The first-order valence-electron chi connectivity index (χ1n) is 7.36. The van der Waals surface area contributed by atoms with Crippen molar-refractivity contribution < 1.29 is 0 Å². The van der Waals surface area contributed by atoms with Gasteiger partial charge in [-0.05, 0) is 24.4 Å².